The van der Waals surface area contributed by atoms with Crippen molar-refractivity contribution >= 4 is 12.4 Å². The molecule has 1 rings (SSSR count). The van der Waals surface area contributed by atoms with E-state index in [-0.39, 0.29) is 18.8 Å². The molecule has 0 aliphatic carbocycles. The van der Waals surface area contributed by atoms with Gasteiger partial charge < -0.3 is 10.5 Å². The molecule has 0 heterocycles. The molecular formula is C10H14ClF2NO. The number of benzene rings is 1. The first-order chi connectivity index (χ1) is 6.69. The Bertz CT molecular complexity index is 309. The quantitative estimate of drug-likeness (QED) is 0.874. The zero-order valence-corrected chi connectivity index (χ0v) is 9.19. The highest BCUT2D eigenvalue weighted by molar-refractivity contribution is 5.85. The van der Waals surface area contributed by atoms with Crippen LogP contribution in [0.5, 0.6) is 5.75 Å². The van der Waals surface area contributed by atoms with Crippen LogP contribution < -0.4 is 10.5 Å². The van der Waals surface area contributed by atoms with Gasteiger partial charge in [0.05, 0.1) is 13.8 Å². The average Bonchev–Trinajstić information content (AvgIpc) is 2.17. The number of nitrogens with two attached hydrogens (primary N) is 1. The summed E-state index contributed by atoms with van der Waals surface area (Å²) < 4.78 is 30.1. The van der Waals surface area contributed by atoms with Gasteiger partial charge in [0, 0.05) is 17.7 Å². The maximum atomic E-state index is 13.3. The highest BCUT2D eigenvalue weighted by Gasteiger charge is 2.11. The van der Waals surface area contributed by atoms with Crippen molar-refractivity contribution in [2.45, 2.75) is 12.5 Å². The van der Waals surface area contributed by atoms with Crippen LogP contribution in [0.1, 0.15) is 18.0 Å². The zero-order valence-electron chi connectivity index (χ0n) is 8.37. The Kier molecular flexibility index (Phi) is 6.20. The monoisotopic (exact) mass is 237 g/mol. The van der Waals surface area contributed by atoms with Crippen LogP contribution in [0, 0.1) is 5.82 Å². The molecule has 0 amide bonds. The zero-order chi connectivity index (χ0) is 10.6. The molecule has 15 heavy (non-hydrogen) atoms. The van der Waals surface area contributed by atoms with Crippen molar-refractivity contribution in [3.05, 3.63) is 29.6 Å². The van der Waals surface area contributed by atoms with E-state index in [4.69, 9.17) is 10.5 Å². The van der Waals surface area contributed by atoms with Gasteiger partial charge >= 0.3 is 0 Å². The summed E-state index contributed by atoms with van der Waals surface area (Å²) in [4.78, 5) is 0. The highest BCUT2D eigenvalue weighted by Crippen LogP contribution is 2.22. The summed E-state index contributed by atoms with van der Waals surface area (Å²) in [5.74, 6) is -0.0241. The molecule has 0 aromatic heterocycles. The highest BCUT2D eigenvalue weighted by atomic mass is 35.5. The third-order valence-electron chi connectivity index (χ3n) is 2.03. The van der Waals surface area contributed by atoms with Crippen molar-refractivity contribution in [3.63, 3.8) is 0 Å². The van der Waals surface area contributed by atoms with Gasteiger partial charge in [-0.15, -0.1) is 12.4 Å². The predicted molar refractivity (Wildman–Crippen MR) is 57.7 cm³/mol. The van der Waals surface area contributed by atoms with Gasteiger partial charge in [-0.05, 0) is 12.5 Å². The average molecular weight is 238 g/mol. The van der Waals surface area contributed by atoms with Crippen LogP contribution in [0.2, 0.25) is 0 Å². The third-order valence-corrected chi connectivity index (χ3v) is 2.03. The Hall–Kier alpha value is -0.870. The van der Waals surface area contributed by atoms with Crippen molar-refractivity contribution in [1.29, 1.82) is 0 Å². The molecule has 1 aromatic carbocycles. The lowest BCUT2D eigenvalue weighted by Crippen LogP contribution is -2.12. The predicted octanol–water partition coefficient (Wildman–Crippen LogP) is 2.62. The molecule has 2 N–H and O–H groups in total. The number of methoxy groups -OCH3 is 1. The Balaban J connectivity index is 0.00000196. The minimum Gasteiger partial charge on any atom is -0.497 e. The molecule has 0 saturated heterocycles. The summed E-state index contributed by atoms with van der Waals surface area (Å²) in [6, 6.07) is 3.78. The Morgan fingerprint density at radius 1 is 1.47 bits per heavy atom. The molecule has 5 heteroatoms. The molecule has 0 saturated carbocycles. The number of rotatable bonds is 4. The second-order valence-corrected chi connectivity index (χ2v) is 2.97. The van der Waals surface area contributed by atoms with E-state index in [9.17, 15) is 8.78 Å². The lowest BCUT2D eigenvalue weighted by atomic mass is 10.0. The van der Waals surface area contributed by atoms with E-state index in [0.717, 1.165) is 0 Å². The molecule has 0 fully saturated rings. The van der Waals surface area contributed by atoms with Crippen LogP contribution in [0.15, 0.2) is 18.2 Å². The molecule has 86 valence electrons. The van der Waals surface area contributed by atoms with Crippen molar-refractivity contribution in [2.75, 3.05) is 13.8 Å². The molecule has 1 aromatic rings. The van der Waals surface area contributed by atoms with Crippen LogP contribution in [0.25, 0.3) is 0 Å². The summed E-state index contributed by atoms with van der Waals surface area (Å²) in [7, 11) is 1.45. The fourth-order valence-corrected chi connectivity index (χ4v) is 1.21. The number of halogens is 3. The van der Waals surface area contributed by atoms with E-state index in [0.29, 0.717) is 11.3 Å². The van der Waals surface area contributed by atoms with Gasteiger partial charge in [0.25, 0.3) is 0 Å². The molecule has 0 bridgehead atoms. The van der Waals surface area contributed by atoms with Gasteiger partial charge in [-0.3, -0.25) is 4.39 Å². The standard InChI is InChI=1S/C10H13F2NO.ClH/c1-14-7-2-3-8(9(12)6-7)10(13)4-5-11;/h2-3,6,10H,4-5,13H2,1H3;1H/t10-;/m0./s1. The summed E-state index contributed by atoms with van der Waals surface area (Å²) in [6.45, 7) is -0.549. The van der Waals surface area contributed by atoms with Gasteiger partial charge in [0.1, 0.15) is 11.6 Å². The summed E-state index contributed by atoms with van der Waals surface area (Å²) in [5.41, 5.74) is 5.90. The van der Waals surface area contributed by atoms with E-state index in [2.05, 4.69) is 0 Å². The van der Waals surface area contributed by atoms with Crippen molar-refractivity contribution in [2.24, 2.45) is 5.73 Å². The Morgan fingerprint density at radius 2 is 2.13 bits per heavy atom. The molecule has 0 aliphatic rings. The smallest absolute Gasteiger partial charge is 0.131 e. The molecule has 0 radical (unpaired) electrons. The van der Waals surface area contributed by atoms with Crippen LogP contribution in [-0.2, 0) is 0 Å². The fraction of sp³-hybridized carbons (Fsp3) is 0.400. The van der Waals surface area contributed by atoms with E-state index < -0.39 is 18.5 Å². The van der Waals surface area contributed by atoms with Crippen LogP contribution in [0.3, 0.4) is 0 Å². The number of ether oxygens (including phenoxy) is 1. The number of alkyl halides is 1. The second kappa shape index (κ2) is 6.58. The fourth-order valence-electron chi connectivity index (χ4n) is 1.21. The van der Waals surface area contributed by atoms with E-state index >= 15 is 0 Å². The molecule has 0 aliphatic heterocycles. The SMILES string of the molecule is COc1ccc([C@@H](N)CCF)c(F)c1.Cl. The topological polar surface area (TPSA) is 35.2 Å². The summed E-state index contributed by atoms with van der Waals surface area (Å²) in [6.07, 6.45) is 0.128. The maximum Gasteiger partial charge on any atom is 0.131 e. The first kappa shape index (κ1) is 14.1. The lowest BCUT2D eigenvalue weighted by molar-refractivity contribution is 0.408. The normalized spacial score (nSPS) is 11.7. The van der Waals surface area contributed by atoms with E-state index in [1.54, 1.807) is 6.07 Å². The minimum absolute atomic E-state index is 0. The first-order valence-corrected chi connectivity index (χ1v) is 4.34. The van der Waals surface area contributed by atoms with Crippen molar-refractivity contribution < 1.29 is 13.5 Å². The summed E-state index contributed by atoms with van der Waals surface area (Å²) in [5, 5.41) is 0. The van der Waals surface area contributed by atoms with Gasteiger partial charge in [-0.2, -0.15) is 0 Å². The maximum absolute atomic E-state index is 13.3. The molecule has 0 spiro atoms. The van der Waals surface area contributed by atoms with Gasteiger partial charge in [0.15, 0.2) is 0 Å². The van der Waals surface area contributed by atoms with Gasteiger partial charge in [0.2, 0.25) is 0 Å². The largest absolute Gasteiger partial charge is 0.497 e. The molecule has 1 atom stereocenters. The van der Waals surface area contributed by atoms with Gasteiger partial charge in [-0.1, -0.05) is 6.07 Å². The summed E-state index contributed by atoms with van der Waals surface area (Å²) >= 11 is 0. The Labute approximate surface area is 93.8 Å². The number of hydrogen-bond acceptors (Lipinski definition) is 2. The first-order valence-electron chi connectivity index (χ1n) is 4.34. The third kappa shape index (κ3) is 3.64. The van der Waals surface area contributed by atoms with Crippen molar-refractivity contribution in [3.8, 4) is 5.75 Å². The minimum atomic E-state index is -0.592. The van der Waals surface area contributed by atoms with Crippen LogP contribution in [0.4, 0.5) is 8.78 Å². The lowest BCUT2D eigenvalue weighted by Gasteiger charge is -2.11. The van der Waals surface area contributed by atoms with Crippen LogP contribution >= 0.6 is 12.4 Å². The van der Waals surface area contributed by atoms with E-state index in [1.807, 2.05) is 0 Å². The molecular weight excluding hydrogens is 224 g/mol. The van der Waals surface area contributed by atoms with Crippen molar-refractivity contribution in [1.82, 2.24) is 0 Å². The van der Waals surface area contributed by atoms with Crippen LogP contribution in [-0.4, -0.2) is 13.8 Å². The Morgan fingerprint density at radius 3 is 2.60 bits per heavy atom. The molecule has 2 nitrogen and oxygen atoms in total. The molecule has 0 unspecified atom stereocenters. The second-order valence-electron chi connectivity index (χ2n) is 2.97. The van der Waals surface area contributed by atoms with E-state index in [1.165, 1.54) is 19.2 Å². The van der Waals surface area contributed by atoms with Gasteiger partial charge in [-0.25, -0.2) is 4.39 Å². The number of hydrogen-bond donors (Lipinski definition) is 1.